The van der Waals surface area contributed by atoms with Crippen LogP contribution in [-0.2, 0) is 16.0 Å². The molecule has 2 amide bonds. The van der Waals surface area contributed by atoms with Gasteiger partial charge in [0.1, 0.15) is 19.0 Å². The van der Waals surface area contributed by atoms with Gasteiger partial charge < -0.3 is 20.1 Å². The Hall–Kier alpha value is -3.09. The summed E-state index contributed by atoms with van der Waals surface area (Å²) in [5.74, 6) is -0.687. The van der Waals surface area contributed by atoms with Crippen LogP contribution in [0.25, 0.3) is 0 Å². The van der Waals surface area contributed by atoms with E-state index in [4.69, 9.17) is 9.47 Å². The van der Waals surface area contributed by atoms with Crippen molar-refractivity contribution < 1.29 is 23.5 Å². The predicted molar refractivity (Wildman–Crippen MR) is 89.2 cm³/mol. The smallest absolute Gasteiger partial charge is 0.313 e. The van der Waals surface area contributed by atoms with E-state index in [2.05, 4.69) is 10.6 Å². The van der Waals surface area contributed by atoms with Gasteiger partial charge in [0.05, 0.1) is 0 Å². The first-order valence-corrected chi connectivity index (χ1v) is 7.85. The standard InChI is InChI=1S/C18H17FN2O4/c19-13-3-1-12(2-4-13)7-8-20-17(22)18(23)21-14-5-6-15-16(11-14)25-10-9-24-15/h1-6,11H,7-10H2,(H,20,22)(H,21,23). The number of amides is 2. The quantitative estimate of drug-likeness (QED) is 0.831. The zero-order valence-electron chi connectivity index (χ0n) is 13.4. The maximum atomic E-state index is 12.8. The van der Waals surface area contributed by atoms with E-state index in [-0.39, 0.29) is 12.4 Å². The summed E-state index contributed by atoms with van der Waals surface area (Å²) >= 11 is 0. The van der Waals surface area contributed by atoms with Crippen molar-refractivity contribution in [3.8, 4) is 11.5 Å². The molecular formula is C18H17FN2O4. The monoisotopic (exact) mass is 344 g/mol. The number of carbonyl (C=O) groups is 2. The van der Waals surface area contributed by atoms with Crippen LogP contribution < -0.4 is 20.1 Å². The van der Waals surface area contributed by atoms with Crippen LogP contribution in [0.3, 0.4) is 0 Å². The third-order valence-corrected chi connectivity index (χ3v) is 3.62. The number of nitrogens with one attached hydrogen (secondary N) is 2. The highest BCUT2D eigenvalue weighted by molar-refractivity contribution is 6.39. The fourth-order valence-electron chi connectivity index (χ4n) is 2.36. The van der Waals surface area contributed by atoms with Crippen molar-refractivity contribution in [2.75, 3.05) is 25.1 Å². The van der Waals surface area contributed by atoms with E-state index < -0.39 is 11.8 Å². The molecular weight excluding hydrogens is 327 g/mol. The van der Waals surface area contributed by atoms with Crippen molar-refractivity contribution in [2.45, 2.75) is 6.42 Å². The highest BCUT2D eigenvalue weighted by Gasteiger charge is 2.16. The molecule has 0 bridgehead atoms. The lowest BCUT2D eigenvalue weighted by molar-refractivity contribution is -0.136. The molecule has 1 heterocycles. The Morgan fingerprint density at radius 3 is 2.44 bits per heavy atom. The zero-order chi connectivity index (χ0) is 17.6. The lowest BCUT2D eigenvalue weighted by Crippen LogP contribution is -2.36. The average molecular weight is 344 g/mol. The largest absolute Gasteiger partial charge is 0.486 e. The van der Waals surface area contributed by atoms with Gasteiger partial charge in [-0.1, -0.05) is 12.1 Å². The molecule has 0 unspecified atom stereocenters. The second-order valence-electron chi connectivity index (χ2n) is 5.44. The second kappa shape index (κ2) is 7.65. The lowest BCUT2D eigenvalue weighted by Gasteiger charge is -2.18. The molecule has 0 aliphatic carbocycles. The van der Waals surface area contributed by atoms with E-state index in [0.29, 0.717) is 36.8 Å². The minimum atomic E-state index is -0.768. The van der Waals surface area contributed by atoms with Crippen LogP contribution in [0.4, 0.5) is 10.1 Å². The molecule has 130 valence electrons. The fourth-order valence-corrected chi connectivity index (χ4v) is 2.36. The van der Waals surface area contributed by atoms with Crippen LogP contribution >= 0.6 is 0 Å². The molecule has 2 N–H and O–H groups in total. The van der Waals surface area contributed by atoms with Crippen molar-refractivity contribution in [1.82, 2.24) is 5.32 Å². The summed E-state index contributed by atoms with van der Waals surface area (Å²) in [6.07, 6.45) is 0.503. The average Bonchev–Trinajstić information content (AvgIpc) is 2.63. The summed E-state index contributed by atoms with van der Waals surface area (Å²) in [7, 11) is 0. The van der Waals surface area contributed by atoms with Crippen molar-refractivity contribution in [2.24, 2.45) is 0 Å². The fraction of sp³-hybridized carbons (Fsp3) is 0.222. The molecule has 7 heteroatoms. The topological polar surface area (TPSA) is 76.7 Å². The van der Waals surface area contributed by atoms with Gasteiger partial charge in [-0.05, 0) is 36.2 Å². The minimum absolute atomic E-state index is 0.277. The molecule has 0 radical (unpaired) electrons. The van der Waals surface area contributed by atoms with Crippen molar-refractivity contribution in [1.29, 1.82) is 0 Å². The van der Waals surface area contributed by atoms with E-state index in [1.165, 1.54) is 12.1 Å². The predicted octanol–water partition coefficient (Wildman–Crippen LogP) is 1.89. The van der Waals surface area contributed by atoms with Crippen molar-refractivity contribution in [3.63, 3.8) is 0 Å². The maximum absolute atomic E-state index is 12.8. The summed E-state index contributed by atoms with van der Waals surface area (Å²) in [5, 5.41) is 5.04. The SMILES string of the molecule is O=C(NCCc1ccc(F)cc1)C(=O)Nc1ccc2c(c1)OCCO2. The number of ether oxygens (including phenoxy) is 2. The van der Waals surface area contributed by atoms with E-state index >= 15 is 0 Å². The van der Waals surface area contributed by atoms with Gasteiger partial charge in [-0.15, -0.1) is 0 Å². The van der Waals surface area contributed by atoms with E-state index in [1.54, 1.807) is 30.3 Å². The van der Waals surface area contributed by atoms with Gasteiger partial charge in [0.2, 0.25) is 0 Å². The zero-order valence-corrected chi connectivity index (χ0v) is 13.4. The van der Waals surface area contributed by atoms with E-state index in [9.17, 15) is 14.0 Å². The Morgan fingerprint density at radius 2 is 1.68 bits per heavy atom. The van der Waals surface area contributed by atoms with Gasteiger partial charge >= 0.3 is 11.8 Å². The molecule has 1 aliphatic heterocycles. The van der Waals surface area contributed by atoms with Crippen LogP contribution in [0.1, 0.15) is 5.56 Å². The number of carbonyl (C=O) groups excluding carboxylic acids is 2. The molecule has 0 atom stereocenters. The van der Waals surface area contributed by atoms with Crippen LogP contribution in [0.15, 0.2) is 42.5 Å². The number of halogens is 1. The Balaban J connectivity index is 1.49. The Kier molecular flexibility index (Phi) is 5.13. The molecule has 25 heavy (non-hydrogen) atoms. The van der Waals surface area contributed by atoms with Gasteiger partial charge in [-0.25, -0.2) is 4.39 Å². The first-order valence-electron chi connectivity index (χ1n) is 7.85. The Morgan fingerprint density at radius 1 is 0.960 bits per heavy atom. The molecule has 6 nitrogen and oxygen atoms in total. The van der Waals surface area contributed by atoms with Gasteiger partial charge in [0.15, 0.2) is 11.5 Å². The first-order chi connectivity index (χ1) is 12.1. The van der Waals surface area contributed by atoms with E-state index in [0.717, 1.165) is 5.56 Å². The number of anilines is 1. The molecule has 2 aromatic carbocycles. The van der Waals surface area contributed by atoms with Crippen molar-refractivity contribution >= 4 is 17.5 Å². The van der Waals surface area contributed by atoms with Gasteiger partial charge in [0.25, 0.3) is 0 Å². The van der Waals surface area contributed by atoms with Crippen LogP contribution in [0.2, 0.25) is 0 Å². The first kappa shape index (κ1) is 16.8. The van der Waals surface area contributed by atoms with Crippen LogP contribution in [-0.4, -0.2) is 31.6 Å². The van der Waals surface area contributed by atoms with Crippen LogP contribution in [0.5, 0.6) is 11.5 Å². The maximum Gasteiger partial charge on any atom is 0.313 e. The molecule has 3 rings (SSSR count). The summed E-state index contributed by atoms with van der Waals surface area (Å²) in [5.41, 5.74) is 1.32. The summed E-state index contributed by atoms with van der Waals surface area (Å²) in [6, 6.07) is 10.9. The number of hydrogen-bond donors (Lipinski definition) is 2. The van der Waals surface area contributed by atoms with E-state index in [1.807, 2.05) is 0 Å². The molecule has 0 saturated heterocycles. The van der Waals surface area contributed by atoms with Crippen molar-refractivity contribution in [3.05, 3.63) is 53.8 Å². The summed E-state index contributed by atoms with van der Waals surface area (Å²) in [4.78, 5) is 23.8. The molecule has 0 aromatic heterocycles. The third-order valence-electron chi connectivity index (χ3n) is 3.62. The van der Waals surface area contributed by atoms with Gasteiger partial charge in [-0.2, -0.15) is 0 Å². The lowest BCUT2D eigenvalue weighted by atomic mass is 10.1. The van der Waals surface area contributed by atoms with Crippen LogP contribution in [0, 0.1) is 5.82 Å². The third kappa shape index (κ3) is 4.47. The number of benzene rings is 2. The Bertz CT molecular complexity index is 777. The summed E-state index contributed by atoms with van der Waals surface area (Å²) < 4.78 is 23.6. The van der Waals surface area contributed by atoms with Gasteiger partial charge in [-0.3, -0.25) is 9.59 Å². The molecule has 0 saturated carbocycles. The molecule has 0 spiro atoms. The highest BCUT2D eigenvalue weighted by Crippen LogP contribution is 2.32. The minimum Gasteiger partial charge on any atom is -0.486 e. The molecule has 2 aromatic rings. The Labute approximate surface area is 143 Å². The number of fused-ring (bicyclic) bond motifs is 1. The highest BCUT2D eigenvalue weighted by atomic mass is 19.1. The molecule has 1 aliphatic rings. The number of hydrogen-bond acceptors (Lipinski definition) is 4. The second-order valence-corrected chi connectivity index (χ2v) is 5.44. The normalized spacial score (nSPS) is 12.4. The number of rotatable bonds is 4. The molecule has 0 fully saturated rings. The van der Waals surface area contributed by atoms with Gasteiger partial charge in [0, 0.05) is 18.3 Å². The summed E-state index contributed by atoms with van der Waals surface area (Å²) in [6.45, 7) is 1.20.